The minimum absolute atomic E-state index is 0.108. The topological polar surface area (TPSA) is 83.4 Å². The van der Waals surface area contributed by atoms with E-state index >= 15 is 0 Å². The molecule has 1 aliphatic rings. The summed E-state index contributed by atoms with van der Waals surface area (Å²) < 4.78 is 0. The lowest BCUT2D eigenvalue weighted by molar-refractivity contribution is -0.143. The maximum absolute atomic E-state index is 13.0. The number of amides is 1. The van der Waals surface area contributed by atoms with Gasteiger partial charge in [0.15, 0.2) is 5.82 Å². The Balaban J connectivity index is 2.01. The fourth-order valence-corrected chi connectivity index (χ4v) is 3.57. The number of carboxylic acid groups (broad SMARTS) is 1. The average molecular weight is 381 g/mol. The van der Waals surface area contributed by atoms with Crippen molar-refractivity contribution in [1.82, 2.24) is 14.9 Å². The van der Waals surface area contributed by atoms with Crippen LogP contribution in [0.25, 0.3) is 11.3 Å². The van der Waals surface area contributed by atoms with E-state index in [4.69, 9.17) is 4.98 Å². The lowest BCUT2D eigenvalue weighted by Gasteiger charge is -2.38. The maximum Gasteiger partial charge on any atom is 0.335 e. The van der Waals surface area contributed by atoms with Gasteiger partial charge in [-0.25, -0.2) is 14.8 Å². The number of benzene rings is 1. The average Bonchev–Trinajstić information content (AvgIpc) is 2.66. The summed E-state index contributed by atoms with van der Waals surface area (Å²) in [6.45, 7) is 8.40. The Morgan fingerprint density at radius 3 is 2.57 bits per heavy atom. The highest BCUT2D eigenvalue weighted by atomic mass is 16.4. The molecule has 0 spiro atoms. The van der Waals surface area contributed by atoms with Gasteiger partial charge in [0.2, 0.25) is 5.91 Å². The standard InChI is InChI=1S/C22H27N3O3/c1-14-12-17(15-8-7-9-16(13-15)20(26)27)24-19(23-14)18-10-5-6-11-25(18)21(28)22(2,3)4/h7-9,12-13,18H,5-6,10-11H2,1-4H3,(H,26,27). The highest BCUT2D eigenvalue weighted by Gasteiger charge is 2.35. The number of hydrogen-bond donors (Lipinski definition) is 1. The highest BCUT2D eigenvalue weighted by molar-refractivity contribution is 5.89. The molecule has 148 valence electrons. The van der Waals surface area contributed by atoms with Crippen LogP contribution in [-0.2, 0) is 4.79 Å². The van der Waals surface area contributed by atoms with Crippen LogP contribution in [0.1, 0.15) is 68.0 Å². The molecular weight excluding hydrogens is 354 g/mol. The van der Waals surface area contributed by atoms with Gasteiger partial charge in [-0.3, -0.25) is 4.79 Å². The molecule has 28 heavy (non-hydrogen) atoms. The smallest absolute Gasteiger partial charge is 0.335 e. The van der Waals surface area contributed by atoms with Crippen molar-refractivity contribution in [2.75, 3.05) is 6.54 Å². The van der Waals surface area contributed by atoms with Crippen LogP contribution in [0.15, 0.2) is 30.3 Å². The van der Waals surface area contributed by atoms with Gasteiger partial charge in [0, 0.05) is 23.2 Å². The molecule has 1 unspecified atom stereocenters. The summed E-state index contributed by atoms with van der Waals surface area (Å²) in [5.74, 6) is -0.230. The minimum Gasteiger partial charge on any atom is -0.478 e. The van der Waals surface area contributed by atoms with Crippen LogP contribution in [-0.4, -0.2) is 38.4 Å². The fourth-order valence-electron chi connectivity index (χ4n) is 3.57. The second-order valence-electron chi connectivity index (χ2n) is 8.40. The number of piperidine rings is 1. The first-order chi connectivity index (χ1) is 13.2. The van der Waals surface area contributed by atoms with E-state index in [0.29, 0.717) is 18.1 Å². The quantitative estimate of drug-likeness (QED) is 0.859. The van der Waals surface area contributed by atoms with Gasteiger partial charge in [-0.1, -0.05) is 32.9 Å². The molecule has 0 saturated carbocycles. The van der Waals surface area contributed by atoms with Gasteiger partial charge in [-0.05, 0) is 44.4 Å². The van der Waals surface area contributed by atoms with E-state index in [-0.39, 0.29) is 17.5 Å². The molecule has 6 heteroatoms. The van der Waals surface area contributed by atoms with Crippen molar-refractivity contribution in [3.8, 4) is 11.3 Å². The molecule has 2 aromatic rings. The van der Waals surface area contributed by atoms with E-state index in [1.54, 1.807) is 18.2 Å². The number of aryl methyl sites for hydroxylation is 1. The number of carbonyl (C=O) groups excluding carboxylic acids is 1. The SMILES string of the molecule is Cc1cc(-c2cccc(C(=O)O)c2)nc(C2CCCCN2C(=O)C(C)(C)C)n1. The predicted octanol–water partition coefficient (Wildman–Crippen LogP) is 4.25. The van der Waals surface area contributed by atoms with Crippen LogP contribution in [0.4, 0.5) is 0 Å². The summed E-state index contributed by atoms with van der Waals surface area (Å²) in [4.78, 5) is 35.6. The zero-order chi connectivity index (χ0) is 20.5. The van der Waals surface area contributed by atoms with Gasteiger partial charge in [0.05, 0.1) is 17.3 Å². The minimum atomic E-state index is -0.970. The number of aromatic carboxylic acids is 1. The molecule has 1 aromatic heterocycles. The van der Waals surface area contributed by atoms with Crippen molar-refractivity contribution in [2.24, 2.45) is 5.41 Å². The van der Waals surface area contributed by atoms with Crippen molar-refractivity contribution < 1.29 is 14.7 Å². The number of rotatable bonds is 3. The van der Waals surface area contributed by atoms with Crippen LogP contribution in [0.5, 0.6) is 0 Å². The number of aromatic nitrogens is 2. The van der Waals surface area contributed by atoms with Crippen molar-refractivity contribution in [3.05, 3.63) is 47.4 Å². The number of carboxylic acids is 1. The molecule has 6 nitrogen and oxygen atoms in total. The van der Waals surface area contributed by atoms with Gasteiger partial charge >= 0.3 is 5.97 Å². The second kappa shape index (κ2) is 7.70. The third-order valence-corrected chi connectivity index (χ3v) is 4.98. The summed E-state index contributed by atoms with van der Waals surface area (Å²) in [6, 6.07) is 8.44. The first kappa shape index (κ1) is 20.0. The summed E-state index contributed by atoms with van der Waals surface area (Å²) in [5.41, 5.74) is 1.97. The van der Waals surface area contributed by atoms with Crippen molar-refractivity contribution in [1.29, 1.82) is 0 Å². The Hall–Kier alpha value is -2.76. The van der Waals surface area contributed by atoms with E-state index in [1.807, 2.05) is 44.7 Å². The van der Waals surface area contributed by atoms with E-state index in [1.165, 1.54) is 0 Å². The molecule has 2 heterocycles. The van der Waals surface area contributed by atoms with Crippen LogP contribution in [0.3, 0.4) is 0 Å². The maximum atomic E-state index is 13.0. The molecule has 0 aliphatic carbocycles. The number of nitrogens with zero attached hydrogens (tertiary/aromatic N) is 3. The summed E-state index contributed by atoms with van der Waals surface area (Å²) in [5, 5.41) is 9.26. The molecule has 1 aromatic carbocycles. The molecule has 1 atom stereocenters. The lowest BCUT2D eigenvalue weighted by Crippen LogP contribution is -2.44. The zero-order valence-corrected chi connectivity index (χ0v) is 16.9. The van der Waals surface area contributed by atoms with Gasteiger partial charge < -0.3 is 10.0 Å². The Morgan fingerprint density at radius 1 is 1.14 bits per heavy atom. The Morgan fingerprint density at radius 2 is 1.89 bits per heavy atom. The zero-order valence-electron chi connectivity index (χ0n) is 16.9. The molecule has 1 amide bonds. The molecule has 1 fully saturated rings. The molecule has 1 N–H and O–H groups in total. The first-order valence-corrected chi connectivity index (χ1v) is 9.67. The fraction of sp³-hybridized carbons (Fsp3) is 0.455. The van der Waals surface area contributed by atoms with Crippen LogP contribution < -0.4 is 0 Å². The summed E-state index contributed by atoms with van der Waals surface area (Å²) >= 11 is 0. The van der Waals surface area contributed by atoms with Crippen molar-refractivity contribution in [3.63, 3.8) is 0 Å². The molecule has 0 radical (unpaired) electrons. The van der Waals surface area contributed by atoms with E-state index in [9.17, 15) is 14.7 Å². The molecular formula is C22H27N3O3. The van der Waals surface area contributed by atoms with Gasteiger partial charge in [0.25, 0.3) is 0 Å². The van der Waals surface area contributed by atoms with Gasteiger partial charge in [-0.2, -0.15) is 0 Å². The Labute approximate surface area is 165 Å². The monoisotopic (exact) mass is 381 g/mol. The Kier molecular flexibility index (Phi) is 5.49. The number of hydrogen-bond acceptors (Lipinski definition) is 4. The van der Waals surface area contributed by atoms with Gasteiger partial charge in [-0.15, -0.1) is 0 Å². The highest BCUT2D eigenvalue weighted by Crippen LogP contribution is 2.33. The van der Waals surface area contributed by atoms with Crippen molar-refractivity contribution in [2.45, 2.75) is 53.0 Å². The van der Waals surface area contributed by atoms with Crippen molar-refractivity contribution >= 4 is 11.9 Å². The third kappa shape index (κ3) is 4.21. The normalized spacial score (nSPS) is 17.4. The van der Waals surface area contributed by atoms with Crippen LogP contribution in [0, 0.1) is 12.3 Å². The van der Waals surface area contributed by atoms with E-state index < -0.39 is 11.4 Å². The summed E-state index contributed by atoms with van der Waals surface area (Å²) in [7, 11) is 0. The van der Waals surface area contributed by atoms with Gasteiger partial charge in [0.1, 0.15) is 0 Å². The molecule has 0 bridgehead atoms. The van der Waals surface area contributed by atoms with Crippen LogP contribution >= 0.6 is 0 Å². The number of carbonyl (C=O) groups is 2. The second-order valence-corrected chi connectivity index (χ2v) is 8.40. The number of likely N-dealkylation sites (tertiary alicyclic amines) is 1. The van der Waals surface area contributed by atoms with E-state index in [2.05, 4.69) is 4.98 Å². The largest absolute Gasteiger partial charge is 0.478 e. The Bertz CT molecular complexity index is 902. The molecule has 3 rings (SSSR count). The lowest BCUT2D eigenvalue weighted by atomic mass is 9.91. The summed E-state index contributed by atoms with van der Waals surface area (Å²) in [6.07, 6.45) is 2.84. The molecule has 1 saturated heterocycles. The predicted molar refractivity (Wildman–Crippen MR) is 107 cm³/mol. The molecule has 1 aliphatic heterocycles. The first-order valence-electron chi connectivity index (χ1n) is 9.67. The van der Waals surface area contributed by atoms with E-state index in [0.717, 1.165) is 30.5 Å². The van der Waals surface area contributed by atoms with Crippen LogP contribution in [0.2, 0.25) is 0 Å². The third-order valence-electron chi connectivity index (χ3n) is 4.98.